The summed E-state index contributed by atoms with van der Waals surface area (Å²) in [6.45, 7) is 1.90. The topological polar surface area (TPSA) is 56.0 Å². The Morgan fingerprint density at radius 1 is 1.35 bits per heavy atom. The first-order valence-corrected chi connectivity index (χ1v) is 5.77. The van der Waals surface area contributed by atoms with E-state index in [0.717, 1.165) is 10.9 Å². The second kappa shape index (κ2) is 4.51. The van der Waals surface area contributed by atoms with Crippen LogP contribution in [0.2, 0.25) is 10.0 Å². The number of halogens is 2. The molecule has 17 heavy (non-hydrogen) atoms. The van der Waals surface area contributed by atoms with Gasteiger partial charge in [-0.25, -0.2) is 0 Å². The minimum absolute atomic E-state index is 0.0968. The zero-order chi connectivity index (χ0) is 12.6. The Balaban J connectivity index is 2.72. The van der Waals surface area contributed by atoms with Crippen molar-refractivity contribution in [1.29, 1.82) is 0 Å². The second-order valence-corrected chi connectivity index (χ2v) is 4.64. The number of benzene rings is 1. The highest BCUT2D eigenvalue weighted by Gasteiger charge is 2.10. The van der Waals surface area contributed by atoms with E-state index in [9.17, 15) is 4.79 Å². The van der Waals surface area contributed by atoms with Gasteiger partial charge in [0.05, 0.1) is 27.7 Å². The van der Waals surface area contributed by atoms with E-state index in [1.165, 1.54) is 0 Å². The Labute approximate surface area is 109 Å². The van der Waals surface area contributed by atoms with E-state index >= 15 is 0 Å². The first-order valence-electron chi connectivity index (χ1n) is 5.01. The van der Waals surface area contributed by atoms with Crippen molar-refractivity contribution in [1.82, 2.24) is 4.98 Å². The van der Waals surface area contributed by atoms with Crippen LogP contribution in [-0.2, 0) is 11.2 Å². The molecular formula is C12H10Cl2N2O. The standard InChI is InChI=1S/C12H10Cl2N2O/c1-6-4-7(5-10(15)17)16-12-9(14)3-2-8(13)11(6)12/h2-4H,5H2,1H3,(H2,15,17). The van der Waals surface area contributed by atoms with Gasteiger partial charge in [0.2, 0.25) is 5.91 Å². The van der Waals surface area contributed by atoms with Crippen LogP contribution in [0.5, 0.6) is 0 Å². The first kappa shape index (κ1) is 12.1. The van der Waals surface area contributed by atoms with Crippen molar-refractivity contribution in [2.45, 2.75) is 13.3 Å². The quantitative estimate of drug-likeness (QED) is 0.911. The number of aryl methyl sites for hydroxylation is 1. The molecule has 0 radical (unpaired) electrons. The van der Waals surface area contributed by atoms with E-state index in [4.69, 9.17) is 28.9 Å². The molecule has 0 aliphatic carbocycles. The molecule has 88 valence electrons. The predicted octanol–water partition coefficient (Wildman–Crippen LogP) is 2.88. The minimum Gasteiger partial charge on any atom is -0.369 e. The van der Waals surface area contributed by atoms with E-state index < -0.39 is 5.91 Å². The van der Waals surface area contributed by atoms with E-state index in [0.29, 0.717) is 21.3 Å². The first-order chi connectivity index (χ1) is 7.99. The SMILES string of the molecule is Cc1cc(CC(N)=O)nc2c(Cl)ccc(Cl)c12. The summed E-state index contributed by atoms with van der Waals surface area (Å²) >= 11 is 12.2. The van der Waals surface area contributed by atoms with Gasteiger partial charge in [-0.05, 0) is 30.7 Å². The molecule has 1 aromatic heterocycles. The molecule has 1 amide bonds. The van der Waals surface area contributed by atoms with E-state index in [-0.39, 0.29) is 6.42 Å². The molecule has 0 spiro atoms. The lowest BCUT2D eigenvalue weighted by atomic mass is 10.1. The summed E-state index contributed by atoms with van der Waals surface area (Å²) in [5.74, 6) is -0.422. The number of nitrogens with two attached hydrogens (primary N) is 1. The third kappa shape index (κ3) is 2.35. The highest BCUT2D eigenvalue weighted by molar-refractivity contribution is 6.40. The molecule has 1 heterocycles. The molecular weight excluding hydrogens is 259 g/mol. The second-order valence-electron chi connectivity index (χ2n) is 3.83. The fourth-order valence-corrected chi connectivity index (χ4v) is 2.29. The molecule has 0 unspecified atom stereocenters. The Morgan fingerprint density at radius 2 is 2.00 bits per heavy atom. The van der Waals surface area contributed by atoms with Gasteiger partial charge in [-0.15, -0.1) is 0 Å². The predicted molar refractivity (Wildman–Crippen MR) is 69.4 cm³/mol. The third-order valence-corrected chi connectivity index (χ3v) is 3.09. The van der Waals surface area contributed by atoms with Gasteiger partial charge in [-0.1, -0.05) is 23.2 Å². The van der Waals surface area contributed by atoms with Crippen molar-refractivity contribution in [3.8, 4) is 0 Å². The van der Waals surface area contributed by atoms with Crippen LogP contribution in [0.25, 0.3) is 10.9 Å². The van der Waals surface area contributed by atoms with Crippen LogP contribution in [0.3, 0.4) is 0 Å². The smallest absolute Gasteiger partial charge is 0.223 e. The van der Waals surface area contributed by atoms with Gasteiger partial charge in [-0.3, -0.25) is 9.78 Å². The molecule has 5 heteroatoms. The number of carbonyl (C=O) groups excluding carboxylic acids is 1. The highest BCUT2D eigenvalue weighted by Crippen LogP contribution is 2.31. The molecule has 0 aliphatic heterocycles. The Bertz CT molecular complexity index is 611. The lowest BCUT2D eigenvalue weighted by Gasteiger charge is -2.08. The van der Waals surface area contributed by atoms with Crippen LogP contribution in [0.1, 0.15) is 11.3 Å². The van der Waals surface area contributed by atoms with E-state index in [1.807, 2.05) is 6.92 Å². The van der Waals surface area contributed by atoms with Gasteiger partial charge in [0.1, 0.15) is 0 Å². The van der Waals surface area contributed by atoms with Crippen LogP contribution in [0, 0.1) is 6.92 Å². The zero-order valence-corrected chi connectivity index (χ0v) is 10.6. The molecule has 0 aliphatic rings. The van der Waals surface area contributed by atoms with Crippen molar-refractivity contribution < 1.29 is 4.79 Å². The molecule has 2 N–H and O–H groups in total. The Morgan fingerprint density at radius 3 is 2.65 bits per heavy atom. The molecule has 0 bridgehead atoms. The van der Waals surface area contributed by atoms with Crippen LogP contribution < -0.4 is 5.73 Å². The number of pyridine rings is 1. The summed E-state index contributed by atoms with van der Waals surface area (Å²) in [6.07, 6.45) is 0.0968. The molecule has 2 aromatic rings. The number of hydrogen-bond donors (Lipinski definition) is 1. The van der Waals surface area contributed by atoms with Gasteiger partial charge in [0, 0.05) is 5.39 Å². The molecule has 2 rings (SSSR count). The van der Waals surface area contributed by atoms with Crippen LogP contribution in [0.15, 0.2) is 18.2 Å². The molecule has 0 fully saturated rings. The average molecular weight is 269 g/mol. The zero-order valence-electron chi connectivity index (χ0n) is 9.13. The van der Waals surface area contributed by atoms with Crippen LogP contribution in [-0.4, -0.2) is 10.9 Å². The van der Waals surface area contributed by atoms with Crippen molar-refractivity contribution in [2.75, 3.05) is 0 Å². The summed E-state index contributed by atoms with van der Waals surface area (Å²) in [5.41, 5.74) is 7.29. The normalized spacial score (nSPS) is 10.8. The summed E-state index contributed by atoms with van der Waals surface area (Å²) < 4.78 is 0. The van der Waals surface area contributed by atoms with Crippen molar-refractivity contribution in [2.24, 2.45) is 5.73 Å². The van der Waals surface area contributed by atoms with E-state index in [2.05, 4.69) is 4.98 Å². The number of hydrogen-bond acceptors (Lipinski definition) is 2. The van der Waals surface area contributed by atoms with Crippen molar-refractivity contribution in [3.05, 3.63) is 39.5 Å². The van der Waals surface area contributed by atoms with Gasteiger partial charge in [-0.2, -0.15) is 0 Å². The molecule has 0 saturated carbocycles. The fraction of sp³-hybridized carbons (Fsp3) is 0.167. The van der Waals surface area contributed by atoms with Gasteiger partial charge in [0.25, 0.3) is 0 Å². The summed E-state index contributed by atoms with van der Waals surface area (Å²) in [7, 11) is 0. The molecule has 3 nitrogen and oxygen atoms in total. The summed E-state index contributed by atoms with van der Waals surface area (Å²) in [4.78, 5) is 15.2. The number of rotatable bonds is 2. The maximum Gasteiger partial charge on any atom is 0.223 e. The number of amides is 1. The van der Waals surface area contributed by atoms with Crippen LogP contribution >= 0.6 is 23.2 Å². The van der Waals surface area contributed by atoms with Gasteiger partial charge < -0.3 is 5.73 Å². The lowest BCUT2D eigenvalue weighted by Crippen LogP contribution is -2.14. The third-order valence-electron chi connectivity index (χ3n) is 2.47. The molecule has 0 atom stereocenters. The van der Waals surface area contributed by atoms with Gasteiger partial charge >= 0.3 is 0 Å². The Hall–Kier alpha value is -1.32. The lowest BCUT2D eigenvalue weighted by molar-refractivity contribution is -0.117. The monoisotopic (exact) mass is 268 g/mol. The number of aromatic nitrogens is 1. The molecule has 0 saturated heterocycles. The minimum atomic E-state index is -0.422. The summed E-state index contributed by atoms with van der Waals surface area (Å²) in [6, 6.07) is 5.22. The largest absolute Gasteiger partial charge is 0.369 e. The summed E-state index contributed by atoms with van der Waals surface area (Å²) in [5, 5.41) is 1.92. The Kier molecular flexibility index (Phi) is 3.22. The van der Waals surface area contributed by atoms with Gasteiger partial charge in [0.15, 0.2) is 0 Å². The number of fused-ring (bicyclic) bond motifs is 1. The van der Waals surface area contributed by atoms with Crippen molar-refractivity contribution in [3.63, 3.8) is 0 Å². The average Bonchev–Trinajstić information content (AvgIpc) is 2.22. The number of nitrogens with zero attached hydrogens (tertiary/aromatic N) is 1. The molecule has 1 aromatic carbocycles. The van der Waals surface area contributed by atoms with E-state index in [1.54, 1.807) is 18.2 Å². The van der Waals surface area contributed by atoms with Crippen molar-refractivity contribution >= 4 is 40.0 Å². The highest BCUT2D eigenvalue weighted by atomic mass is 35.5. The maximum atomic E-state index is 10.9. The number of primary amides is 1. The fourth-order valence-electron chi connectivity index (χ4n) is 1.79. The van der Waals surface area contributed by atoms with Crippen LogP contribution in [0.4, 0.5) is 0 Å². The number of carbonyl (C=O) groups is 1. The maximum absolute atomic E-state index is 10.9.